The highest BCUT2D eigenvalue weighted by molar-refractivity contribution is 6.35. The molecule has 0 amide bonds. The zero-order valence-electron chi connectivity index (χ0n) is 9.70. The van der Waals surface area contributed by atoms with Crippen LogP contribution in [0.2, 0.25) is 5.02 Å². The van der Waals surface area contributed by atoms with E-state index in [2.05, 4.69) is 10.3 Å². The Morgan fingerprint density at radius 1 is 1.21 bits per heavy atom. The highest BCUT2D eigenvalue weighted by Gasteiger charge is 2.35. The van der Waals surface area contributed by atoms with Crippen molar-refractivity contribution in [1.29, 1.82) is 0 Å². The van der Waals surface area contributed by atoms with Gasteiger partial charge in [-0.05, 0) is 17.7 Å². The topological polar surface area (TPSA) is 27.8 Å². The SMILES string of the molecule is Cl.FC(F)(F)c1ccc(Cl)c2[nH]c3c(c12)CNCC3. The molecular weight excluding hydrogens is 300 g/mol. The molecule has 0 unspecified atom stereocenters. The molecule has 0 saturated heterocycles. The van der Waals surface area contributed by atoms with E-state index in [4.69, 9.17) is 11.6 Å². The second-order valence-corrected chi connectivity index (χ2v) is 4.76. The second kappa shape index (κ2) is 4.89. The Labute approximate surface area is 118 Å². The number of hydrogen-bond donors (Lipinski definition) is 2. The summed E-state index contributed by atoms with van der Waals surface area (Å²) in [6, 6.07) is 2.34. The van der Waals surface area contributed by atoms with Gasteiger partial charge >= 0.3 is 6.18 Å². The van der Waals surface area contributed by atoms with Crippen LogP contribution in [0.25, 0.3) is 10.9 Å². The summed E-state index contributed by atoms with van der Waals surface area (Å²) in [6.45, 7) is 1.21. The zero-order valence-corrected chi connectivity index (χ0v) is 11.3. The van der Waals surface area contributed by atoms with Crippen molar-refractivity contribution < 1.29 is 13.2 Å². The van der Waals surface area contributed by atoms with Crippen molar-refractivity contribution in [2.75, 3.05) is 6.54 Å². The summed E-state index contributed by atoms with van der Waals surface area (Å²) in [5, 5.41) is 3.62. The smallest absolute Gasteiger partial charge is 0.357 e. The Hall–Kier alpha value is -0.910. The van der Waals surface area contributed by atoms with Crippen LogP contribution < -0.4 is 5.32 Å². The maximum Gasteiger partial charge on any atom is 0.417 e. The van der Waals surface area contributed by atoms with Crippen LogP contribution in [0.4, 0.5) is 13.2 Å². The molecule has 0 atom stereocenters. The summed E-state index contributed by atoms with van der Waals surface area (Å²) in [5.41, 5.74) is 1.30. The molecule has 0 saturated carbocycles. The van der Waals surface area contributed by atoms with E-state index >= 15 is 0 Å². The Balaban J connectivity index is 0.00000133. The molecule has 7 heteroatoms. The molecule has 1 aromatic heterocycles. The van der Waals surface area contributed by atoms with Crippen LogP contribution in [0.1, 0.15) is 16.8 Å². The summed E-state index contributed by atoms with van der Waals surface area (Å²) >= 11 is 5.98. The summed E-state index contributed by atoms with van der Waals surface area (Å²) in [4.78, 5) is 3.02. The number of nitrogens with one attached hydrogen (secondary N) is 2. The summed E-state index contributed by atoms with van der Waals surface area (Å²) in [5.74, 6) is 0. The Bertz CT molecular complexity index is 619. The predicted octanol–water partition coefficient (Wildman–Crippen LogP) is 3.91. The van der Waals surface area contributed by atoms with Crippen LogP contribution in [0, 0.1) is 0 Å². The molecule has 2 heterocycles. The van der Waals surface area contributed by atoms with Gasteiger partial charge in [-0.1, -0.05) is 11.6 Å². The van der Waals surface area contributed by atoms with E-state index < -0.39 is 11.7 Å². The van der Waals surface area contributed by atoms with Gasteiger partial charge in [0.15, 0.2) is 0 Å². The summed E-state index contributed by atoms with van der Waals surface area (Å²) < 4.78 is 39.1. The third kappa shape index (κ3) is 2.30. The minimum absolute atomic E-state index is 0. The van der Waals surface area contributed by atoms with E-state index in [-0.39, 0.29) is 17.8 Å². The first-order valence-electron chi connectivity index (χ1n) is 5.58. The Morgan fingerprint density at radius 3 is 2.63 bits per heavy atom. The van der Waals surface area contributed by atoms with Crippen LogP contribution >= 0.6 is 24.0 Å². The van der Waals surface area contributed by atoms with E-state index in [0.717, 1.165) is 18.3 Å². The van der Waals surface area contributed by atoms with Gasteiger partial charge in [0.2, 0.25) is 0 Å². The lowest BCUT2D eigenvalue weighted by molar-refractivity contribution is -0.136. The molecule has 104 valence electrons. The van der Waals surface area contributed by atoms with Crippen LogP contribution in [-0.2, 0) is 19.1 Å². The zero-order chi connectivity index (χ0) is 12.9. The minimum Gasteiger partial charge on any atom is -0.357 e. The van der Waals surface area contributed by atoms with Crippen molar-refractivity contribution in [2.45, 2.75) is 19.1 Å². The number of halogens is 5. The predicted molar refractivity (Wildman–Crippen MR) is 71.0 cm³/mol. The van der Waals surface area contributed by atoms with Crippen LogP contribution in [0.15, 0.2) is 12.1 Å². The van der Waals surface area contributed by atoms with Gasteiger partial charge < -0.3 is 10.3 Å². The lowest BCUT2D eigenvalue weighted by atomic mass is 10.0. The van der Waals surface area contributed by atoms with Crippen molar-refractivity contribution in [3.05, 3.63) is 34.0 Å². The summed E-state index contributed by atoms with van der Waals surface area (Å²) in [7, 11) is 0. The molecule has 2 aromatic rings. The van der Waals surface area contributed by atoms with Crippen LogP contribution in [0.5, 0.6) is 0 Å². The largest absolute Gasteiger partial charge is 0.417 e. The molecule has 2 nitrogen and oxygen atoms in total. The highest BCUT2D eigenvalue weighted by Crippen LogP contribution is 2.40. The first-order chi connectivity index (χ1) is 8.48. The number of rotatable bonds is 0. The lowest BCUT2D eigenvalue weighted by Crippen LogP contribution is -2.23. The van der Waals surface area contributed by atoms with Gasteiger partial charge in [0.1, 0.15) is 0 Å². The Morgan fingerprint density at radius 2 is 1.95 bits per heavy atom. The fourth-order valence-electron chi connectivity index (χ4n) is 2.46. The molecule has 19 heavy (non-hydrogen) atoms. The van der Waals surface area contributed by atoms with Crippen molar-refractivity contribution >= 4 is 34.9 Å². The van der Waals surface area contributed by atoms with Gasteiger partial charge in [-0.3, -0.25) is 0 Å². The number of fused-ring (bicyclic) bond motifs is 3. The first kappa shape index (κ1) is 14.5. The van der Waals surface area contributed by atoms with Crippen molar-refractivity contribution in [3.8, 4) is 0 Å². The third-order valence-corrected chi connectivity index (χ3v) is 3.57. The molecule has 0 spiro atoms. The van der Waals surface area contributed by atoms with Gasteiger partial charge in [-0.25, -0.2) is 0 Å². The van der Waals surface area contributed by atoms with E-state index in [1.54, 1.807) is 0 Å². The highest BCUT2D eigenvalue weighted by atomic mass is 35.5. The van der Waals surface area contributed by atoms with Crippen molar-refractivity contribution in [1.82, 2.24) is 10.3 Å². The number of benzene rings is 1. The number of aromatic amines is 1. The maximum atomic E-state index is 13.0. The third-order valence-electron chi connectivity index (χ3n) is 3.26. The van der Waals surface area contributed by atoms with E-state index in [9.17, 15) is 13.2 Å². The first-order valence-corrected chi connectivity index (χ1v) is 5.96. The molecule has 3 rings (SSSR count). The number of hydrogen-bond acceptors (Lipinski definition) is 1. The van der Waals surface area contributed by atoms with Crippen molar-refractivity contribution in [3.63, 3.8) is 0 Å². The molecule has 0 bridgehead atoms. The maximum absolute atomic E-state index is 13.0. The molecule has 1 aliphatic rings. The molecule has 1 aliphatic heterocycles. The summed E-state index contributed by atoms with van der Waals surface area (Å²) in [6.07, 6.45) is -3.67. The minimum atomic E-state index is -4.36. The number of H-pyrrole nitrogens is 1. The standard InChI is InChI=1S/C12H10ClF3N2.ClH/c13-8-2-1-7(12(14,15)16)10-6-5-17-4-3-9(6)18-11(8)10;/h1-2,17-18H,3-5H2;1H. The van der Waals surface area contributed by atoms with Crippen LogP contribution in [-0.4, -0.2) is 11.5 Å². The average molecular weight is 311 g/mol. The number of alkyl halides is 3. The van der Waals surface area contributed by atoms with E-state index in [0.29, 0.717) is 29.1 Å². The molecule has 0 radical (unpaired) electrons. The van der Waals surface area contributed by atoms with Gasteiger partial charge in [0.05, 0.1) is 16.1 Å². The quantitative estimate of drug-likeness (QED) is 0.758. The lowest BCUT2D eigenvalue weighted by Gasteiger charge is -2.15. The molecule has 1 aromatic carbocycles. The molecular formula is C12H11Cl2F3N2. The van der Waals surface area contributed by atoms with Crippen molar-refractivity contribution in [2.24, 2.45) is 0 Å². The van der Waals surface area contributed by atoms with Gasteiger partial charge in [-0.2, -0.15) is 13.2 Å². The fourth-order valence-corrected chi connectivity index (χ4v) is 2.67. The molecule has 0 aliphatic carbocycles. The van der Waals surface area contributed by atoms with Crippen LogP contribution in [0.3, 0.4) is 0 Å². The molecule has 2 N–H and O–H groups in total. The monoisotopic (exact) mass is 310 g/mol. The van der Waals surface area contributed by atoms with Gasteiger partial charge in [-0.15, -0.1) is 12.4 Å². The van der Waals surface area contributed by atoms with E-state index in [1.165, 1.54) is 6.07 Å². The second-order valence-electron chi connectivity index (χ2n) is 4.35. The van der Waals surface area contributed by atoms with E-state index in [1.807, 2.05) is 0 Å². The fraction of sp³-hybridized carbons (Fsp3) is 0.333. The Kier molecular flexibility index (Phi) is 3.73. The average Bonchev–Trinajstić information content (AvgIpc) is 2.68. The number of aromatic nitrogens is 1. The van der Waals surface area contributed by atoms with Gasteiger partial charge in [0, 0.05) is 30.6 Å². The van der Waals surface area contributed by atoms with Gasteiger partial charge in [0.25, 0.3) is 0 Å². The normalized spacial score (nSPS) is 15.2. The molecule has 0 fully saturated rings.